The van der Waals surface area contributed by atoms with Gasteiger partial charge in [-0.15, -0.1) is 24.0 Å². The molecule has 0 unspecified atom stereocenters. The van der Waals surface area contributed by atoms with Crippen molar-refractivity contribution in [3.63, 3.8) is 0 Å². The second kappa shape index (κ2) is 9.77. The Hall–Kier alpha value is -0.166. The van der Waals surface area contributed by atoms with Crippen molar-refractivity contribution in [2.75, 3.05) is 0 Å². The first-order chi connectivity index (χ1) is 9.62. The fraction of sp³-hybridized carbons (Fsp3) is 0.333. The van der Waals surface area contributed by atoms with Gasteiger partial charge >= 0.3 is 48.0 Å². The number of halogens is 8. The van der Waals surface area contributed by atoms with Crippen LogP contribution in [0, 0.1) is 12.2 Å². The molecule has 0 bridgehead atoms. The number of alkyl halides is 6. The normalized spacial score (nSPS) is 16.4. The van der Waals surface area contributed by atoms with Gasteiger partial charge < -0.3 is 0 Å². The van der Waals surface area contributed by atoms with Gasteiger partial charge in [-0.1, -0.05) is 0 Å². The molecule has 0 aromatic rings. The van der Waals surface area contributed by atoms with E-state index in [1.165, 1.54) is 12.2 Å². The van der Waals surface area contributed by atoms with Crippen LogP contribution in [-0.2, 0) is 17.0 Å². The van der Waals surface area contributed by atoms with Crippen LogP contribution in [0.3, 0.4) is 0 Å². The van der Waals surface area contributed by atoms with Gasteiger partial charge in [0.15, 0.2) is 0 Å². The molecule has 0 aromatic carbocycles. The minimum absolute atomic E-state index is 0.287. The van der Waals surface area contributed by atoms with Crippen molar-refractivity contribution in [3.05, 3.63) is 47.6 Å². The topological polar surface area (TPSA) is 0 Å². The van der Waals surface area contributed by atoms with Gasteiger partial charge in [-0.2, -0.15) is 38.5 Å². The standard InChI is InChI=1S/2C6H4F3.2ClH.Ti/c2*7-6(8,9)5-3-1-2-4-5;;;/h2*1,3H,2H2;2*1H;/q2*-1;;;+2/p-2. The third-order valence-corrected chi connectivity index (χ3v) is 2.00. The summed E-state index contributed by atoms with van der Waals surface area (Å²) in [4.78, 5) is 0. The molecule has 0 saturated heterocycles. The summed E-state index contributed by atoms with van der Waals surface area (Å²) in [6, 6.07) is 0. The predicted molar refractivity (Wildman–Crippen MR) is 64.8 cm³/mol. The van der Waals surface area contributed by atoms with Gasteiger partial charge in [-0.05, 0) is 0 Å². The second-order valence-electron chi connectivity index (χ2n) is 3.46. The Bertz CT molecular complexity index is 392. The summed E-state index contributed by atoms with van der Waals surface area (Å²) >= 11 is -0.556. The molecule has 2 rings (SSSR count). The van der Waals surface area contributed by atoms with E-state index in [0.717, 1.165) is 12.2 Å². The van der Waals surface area contributed by atoms with Crippen LogP contribution in [0.5, 0.6) is 0 Å². The number of hydrogen-bond donors (Lipinski definition) is 0. The molecule has 0 amide bonds. The van der Waals surface area contributed by atoms with Crippen molar-refractivity contribution in [1.29, 1.82) is 0 Å². The van der Waals surface area contributed by atoms with Gasteiger partial charge in [0.2, 0.25) is 0 Å². The van der Waals surface area contributed by atoms with Crippen LogP contribution in [0.15, 0.2) is 35.5 Å². The van der Waals surface area contributed by atoms with Gasteiger partial charge in [-0.3, -0.25) is 12.2 Å². The molecule has 0 heterocycles. The molecule has 0 aliphatic heterocycles. The Morgan fingerprint density at radius 3 is 1.19 bits per heavy atom. The molecule has 0 radical (unpaired) electrons. The molecule has 21 heavy (non-hydrogen) atoms. The first kappa shape index (κ1) is 20.8. The van der Waals surface area contributed by atoms with Crippen molar-refractivity contribution >= 4 is 18.6 Å². The van der Waals surface area contributed by atoms with Crippen molar-refractivity contribution in [1.82, 2.24) is 0 Å². The summed E-state index contributed by atoms with van der Waals surface area (Å²) in [5.41, 5.74) is -1.30. The summed E-state index contributed by atoms with van der Waals surface area (Å²) in [5, 5.41) is 0. The predicted octanol–water partition coefficient (Wildman–Crippen LogP) is 5.85. The van der Waals surface area contributed by atoms with Crippen LogP contribution in [0.4, 0.5) is 26.3 Å². The quantitative estimate of drug-likeness (QED) is 0.279. The van der Waals surface area contributed by atoms with E-state index in [2.05, 4.69) is 12.2 Å². The maximum atomic E-state index is 11.6. The zero-order valence-corrected chi connectivity index (χ0v) is 13.3. The number of hydrogen-bond acceptors (Lipinski definition) is 0. The molecule has 0 saturated carbocycles. The van der Waals surface area contributed by atoms with E-state index in [-0.39, 0.29) is 12.8 Å². The Morgan fingerprint density at radius 1 is 0.810 bits per heavy atom. The Labute approximate surface area is 134 Å². The van der Waals surface area contributed by atoms with E-state index in [9.17, 15) is 26.3 Å². The zero-order chi connectivity index (χ0) is 16.5. The monoisotopic (exact) mass is 384 g/mol. The van der Waals surface area contributed by atoms with Crippen LogP contribution in [0.2, 0.25) is 0 Å². The van der Waals surface area contributed by atoms with E-state index < -0.39 is 40.5 Å². The van der Waals surface area contributed by atoms with Crippen LogP contribution >= 0.6 is 18.6 Å². The molecule has 0 N–H and O–H groups in total. The molecular formula is C12H8Cl2F6Ti-2. The summed E-state index contributed by atoms with van der Waals surface area (Å²) < 4.78 is 69.7. The Balaban J connectivity index is 0.000000322. The average molecular weight is 385 g/mol. The van der Waals surface area contributed by atoms with Gasteiger partial charge in [0, 0.05) is 0 Å². The minimum atomic E-state index is -4.20. The van der Waals surface area contributed by atoms with E-state index in [1.54, 1.807) is 0 Å². The third kappa shape index (κ3) is 9.45. The van der Waals surface area contributed by atoms with Gasteiger partial charge in [0.05, 0.1) is 0 Å². The van der Waals surface area contributed by atoms with Gasteiger partial charge in [0.25, 0.3) is 0 Å². The molecular weight excluding hydrogens is 377 g/mol. The summed E-state index contributed by atoms with van der Waals surface area (Å²) in [6.07, 6.45) is 1.47. The SMILES string of the molecule is FC(F)(F)C1=[C-]CC=C1.FC(F)(F)C1=[C-]CC=C1.[Cl][Ti][Cl]. The number of allylic oxidation sites excluding steroid dienone is 8. The molecule has 0 nitrogen and oxygen atoms in total. The van der Waals surface area contributed by atoms with Crippen molar-refractivity contribution in [2.24, 2.45) is 0 Å². The fourth-order valence-corrected chi connectivity index (χ4v) is 1.20. The van der Waals surface area contributed by atoms with E-state index >= 15 is 0 Å². The van der Waals surface area contributed by atoms with Crippen molar-refractivity contribution in [3.8, 4) is 0 Å². The van der Waals surface area contributed by atoms with Crippen LogP contribution < -0.4 is 0 Å². The number of rotatable bonds is 0. The second-order valence-corrected chi connectivity index (χ2v) is 6.04. The van der Waals surface area contributed by atoms with Gasteiger partial charge in [-0.25, -0.2) is 12.2 Å². The van der Waals surface area contributed by atoms with Gasteiger partial charge in [0.1, 0.15) is 0 Å². The van der Waals surface area contributed by atoms with E-state index in [4.69, 9.17) is 18.6 Å². The van der Waals surface area contributed by atoms with Crippen molar-refractivity contribution < 1.29 is 43.4 Å². The molecule has 9 heteroatoms. The molecule has 118 valence electrons. The molecule has 0 spiro atoms. The van der Waals surface area contributed by atoms with E-state index in [1.807, 2.05) is 0 Å². The molecule has 2 aliphatic rings. The summed E-state index contributed by atoms with van der Waals surface area (Å²) in [6.45, 7) is 0. The van der Waals surface area contributed by atoms with Crippen molar-refractivity contribution in [2.45, 2.75) is 25.2 Å². The Morgan fingerprint density at radius 2 is 1.10 bits per heavy atom. The van der Waals surface area contributed by atoms with E-state index in [0.29, 0.717) is 0 Å². The van der Waals surface area contributed by atoms with Crippen LogP contribution in [0.1, 0.15) is 12.8 Å². The first-order valence-electron chi connectivity index (χ1n) is 5.28. The summed E-state index contributed by atoms with van der Waals surface area (Å²) in [7, 11) is 9.78. The molecule has 0 fully saturated rings. The van der Waals surface area contributed by atoms with Crippen LogP contribution in [-0.4, -0.2) is 12.4 Å². The summed E-state index contributed by atoms with van der Waals surface area (Å²) in [5.74, 6) is 0. The Kier molecular flexibility index (Phi) is 9.69. The van der Waals surface area contributed by atoms with Crippen LogP contribution in [0.25, 0.3) is 0 Å². The average Bonchev–Trinajstić information content (AvgIpc) is 3.03. The molecule has 0 atom stereocenters. The molecule has 0 aromatic heterocycles. The molecule has 2 aliphatic carbocycles. The third-order valence-electron chi connectivity index (χ3n) is 2.00. The fourth-order valence-electron chi connectivity index (χ4n) is 1.20. The zero-order valence-electron chi connectivity index (χ0n) is 10.2. The first-order valence-corrected chi connectivity index (χ1v) is 9.58. The maximum absolute atomic E-state index is 11.6.